The number of benzene rings is 2. The minimum Gasteiger partial charge on any atom is -0.475 e. The molecule has 2 aromatic carbocycles. The van der Waals surface area contributed by atoms with Gasteiger partial charge in [0, 0.05) is 23.2 Å². The van der Waals surface area contributed by atoms with Crippen LogP contribution in [0.1, 0.15) is 67.4 Å². The van der Waals surface area contributed by atoms with Crippen molar-refractivity contribution in [2.75, 3.05) is 11.3 Å². The standard InChI is InChI=1S/C31H30F6N4O4S/c1-17(2)11-19-16-45-25-13-24(26-22(30(32,33)34)7-4-8-23(26)31(35,36)37)38-28(39-25)40-46(43,44)21-6-3-5-18(12-21)27(42)41(19)20-14-29(15-20)9-10-29/h3-8,12-13,17,19-20H,9-11,14-16H2,1-2H3,(H,38,39,40)/t19-/m1/s1. The Labute approximate surface area is 261 Å². The number of amides is 1. The van der Waals surface area contributed by atoms with E-state index in [1.807, 2.05) is 18.6 Å². The summed E-state index contributed by atoms with van der Waals surface area (Å²) in [5.41, 5.74) is -5.10. The van der Waals surface area contributed by atoms with Gasteiger partial charge in [-0.05, 0) is 73.8 Å². The minimum atomic E-state index is -5.22. The van der Waals surface area contributed by atoms with Crippen LogP contribution in [0.15, 0.2) is 53.4 Å². The molecule has 46 heavy (non-hydrogen) atoms. The number of carbonyl (C=O) groups excluding carboxylic acids is 1. The van der Waals surface area contributed by atoms with Crippen molar-refractivity contribution in [3.63, 3.8) is 0 Å². The number of nitrogens with zero attached hydrogens (tertiary/aromatic N) is 3. The first-order valence-corrected chi connectivity index (χ1v) is 16.2. The normalized spacial score (nSPS) is 21.0. The third kappa shape index (κ3) is 6.25. The molecule has 1 amide bonds. The monoisotopic (exact) mass is 668 g/mol. The van der Waals surface area contributed by atoms with Crippen molar-refractivity contribution in [1.82, 2.24) is 14.9 Å². The quantitative estimate of drug-likeness (QED) is 0.296. The molecule has 2 heterocycles. The predicted molar refractivity (Wildman–Crippen MR) is 154 cm³/mol. The molecule has 4 bridgehead atoms. The molecule has 246 valence electrons. The van der Waals surface area contributed by atoms with Crippen LogP contribution >= 0.6 is 0 Å². The average molecular weight is 669 g/mol. The molecule has 15 heteroatoms. The van der Waals surface area contributed by atoms with Crippen LogP contribution in [0.25, 0.3) is 11.3 Å². The van der Waals surface area contributed by atoms with Crippen molar-refractivity contribution in [2.45, 2.75) is 75.3 Å². The van der Waals surface area contributed by atoms with Crippen molar-refractivity contribution in [3.8, 4) is 17.1 Å². The zero-order valence-electron chi connectivity index (χ0n) is 24.7. The van der Waals surface area contributed by atoms with Gasteiger partial charge in [0.15, 0.2) is 0 Å². The van der Waals surface area contributed by atoms with Crippen molar-refractivity contribution in [3.05, 3.63) is 65.2 Å². The Kier molecular flexibility index (Phi) is 7.76. The van der Waals surface area contributed by atoms with E-state index in [2.05, 4.69) is 9.97 Å². The Hall–Kier alpha value is -3.88. The van der Waals surface area contributed by atoms with Gasteiger partial charge >= 0.3 is 12.4 Å². The van der Waals surface area contributed by atoms with Gasteiger partial charge in [-0.1, -0.05) is 26.0 Å². The molecule has 1 aliphatic heterocycles. The van der Waals surface area contributed by atoms with Crippen molar-refractivity contribution in [1.29, 1.82) is 0 Å². The molecule has 0 saturated heterocycles. The van der Waals surface area contributed by atoms with Crippen LogP contribution in [0.2, 0.25) is 0 Å². The van der Waals surface area contributed by atoms with E-state index >= 15 is 0 Å². The van der Waals surface area contributed by atoms with Crippen LogP contribution in [0, 0.1) is 11.3 Å². The van der Waals surface area contributed by atoms with E-state index in [9.17, 15) is 39.6 Å². The first-order chi connectivity index (χ1) is 21.5. The fourth-order valence-electron chi connectivity index (χ4n) is 6.44. The zero-order chi connectivity index (χ0) is 33.2. The topological polar surface area (TPSA) is 101 Å². The van der Waals surface area contributed by atoms with Gasteiger partial charge in [0.25, 0.3) is 15.9 Å². The number of carbonyl (C=O) groups is 1. The number of alkyl halides is 6. The van der Waals surface area contributed by atoms with E-state index < -0.39 is 68.5 Å². The lowest BCUT2D eigenvalue weighted by Gasteiger charge is -2.47. The van der Waals surface area contributed by atoms with Crippen LogP contribution < -0.4 is 9.46 Å². The van der Waals surface area contributed by atoms with Gasteiger partial charge in [-0.25, -0.2) is 18.1 Å². The molecule has 2 fully saturated rings. The highest BCUT2D eigenvalue weighted by atomic mass is 32.2. The van der Waals surface area contributed by atoms with E-state index in [1.165, 1.54) is 24.3 Å². The van der Waals surface area contributed by atoms with Crippen LogP contribution in [0.5, 0.6) is 5.88 Å². The van der Waals surface area contributed by atoms with Gasteiger partial charge < -0.3 is 9.64 Å². The number of halogens is 6. The van der Waals surface area contributed by atoms with E-state index in [1.54, 1.807) is 4.90 Å². The Balaban J connectivity index is 1.53. The molecule has 3 aromatic rings. The second-order valence-corrected chi connectivity index (χ2v) is 14.3. The molecule has 1 spiro atoms. The van der Waals surface area contributed by atoms with Crippen LogP contribution in [-0.4, -0.2) is 47.9 Å². The highest BCUT2D eigenvalue weighted by Crippen LogP contribution is 2.62. The third-order valence-electron chi connectivity index (χ3n) is 8.73. The summed E-state index contributed by atoms with van der Waals surface area (Å²) in [6, 6.07) is 6.96. The maximum absolute atomic E-state index is 14.1. The number of hydrogen-bond donors (Lipinski definition) is 1. The van der Waals surface area contributed by atoms with E-state index in [-0.39, 0.29) is 34.4 Å². The van der Waals surface area contributed by atoms with Crippen LogP contribution in [0.4, 0.5) is 32.3 Å². The molecule has 1 atom stereocenters. The first kappa shape index (κ1) is 32.1. The number of rotatable bonds is 4. The number of aromatic nitrogens is 2. The third-order valence-corrected chi connectivity index (χ3v) is 10.1. The number of nitrogens with one attached hydrogen (secondary N) is 1. The highest BCUT2D eigenvalue weighted by molar-refractivity contribution is 7.92. The molecule has 2 aliphatic carbocycles. The Morgan fingerprint density at radius 2 is 1.61 bits per heavy atom. The highest BCUT2D eigenvalue weighted by Gasteiger charge is 2.56. The molecule has 0 radical (unpaired) electrons. The van der Waals surface area contributed by atoms with E-state index in [4.69, 9.17) is 4.74 Å². The number of ether oxygens (including phenoxy) is 1. The molecule has 2 saturated carbocycles. The summed E-state index contributed by atoms with van der Waals surface area (Å²) in [5.74, 6) is -1.61. The van der Waals surface area contributed by atoms with Crippen molar-refractivity contribution < 1.29 is 44.3 Å². The second kappa shape index (κ2) is 11.1. The fourth-order valence-corrected chi connectivity index (χ4v) is 7.43. The first-order valence-electron chi connectivity index (χ1n) is 14.7. The summed E-state index contributed by atoms with van der Waals surface area (Å²) in [4.78, 5) is 23.3. The van der Waals surface area contributed by atoms with Crippen LogP contribution in [0.3, 0.4) is 0 Å². The molecular weight excluding hydrogens is 638 g/mol. The van der Waals surface area contributed by atoms with Gasteiger partial charge in [-0.15, -0.1) is 0 Å². The Morgan fingerprint density at radius 1 is 0.978 bits per heavy atom. The second-order valence-electron chi connectivity index (χ2n) is 12.6. The SMILES string of the molecule is CC(C)C[C@@H]1COc2cc(-c3c(C(F)(F)F)cccc3C(F)(F)F)nc(n2)NS(=O)(=O)c2cccc(c2)C(=O)N1C1CC2(CC2)C1. The lowest BCUT2D eigenvalue weighted by atomic mass is 9.75. The summed E-state index contributed by atoms with van der Waals surface area (Å²) in [5, 5.41) is 0. The molecule has 6 rings (SSSR count). The molecular formula is C31H30F6N4O4S. The largest absolute Gasteiger partial charge is 0.475 e. The Morgan fingerprint density at radius 3 is 2.20 bits per heavy atom. The average Bonchev–Trinajstić information content (AvgIpc) is 3.75. The van der Waals surface area contributed by atoms with E-state index in [0.717, 1.165) is 31.7 Å². The van der Waals surface area contributed by atoms with Gasteiger partial charge in [0.1, 0.15) is 6.61 Å². The summed E-state index contributed by atoms with van der Waals surface area (Å²) < 4.78 is 119. The summed E-state index contributed by atoms with van der Waals surface area (Å²) in [7, 11) is -4.57. The number of anilines is 1. The number of hydrogen-bond acceptors (Lipinski definition) is 6. The smallest absolute Gasteiger partial charge is 0.417 e. The maximum Gasteiger partial charge on any atom is 0.417 e. The number of sulfonamides is 1. The molecule has 3 aliphatic rings. The van der Waals surface area contributed by atoms with Crippen molar-refractivity contribution in [2.24, 2.45) is 11.3 Å². The molecule has 1 aromatic heterocycles. The molecule has 8 nitrogen and oxygen atoms in total. The van der Waals surface area contributed by atoms with Gasteiger partial charge in [-0.3, -0.25) is 4.79 Å². The summed E-state index contributed by atoms with van der Waals surface area (Å²) in [6.07, 6.45) is -6.33. The minimum absolute atomic E-state index is 0.0625. The van der Waals surface area contributed by atoms with E-state index in [0.29, 0.717) is 24.6 Å². The Bertz CT molecular complexity index is 1750. The summed E-state index contributed by atoms with van der Waals surface area (Å²) in [6.45, 7) is 3.68. The van der Waals surface area contributed by atoms with Gasteiger partial charge in [-0.2, -0.15) is 31.3 Å². The van der Waals surface area contributed by atoms with Crippen LogP contribution in [-0.2, 0) is 22.4 Å². The van der Waals surface area contributed by atoms with Gasteiger partial charge in [0.05, 0.1) is 27.8 Å². The molecule has 1 N–H and O–H groups in total. The zero-order valence-corrected chi connectivity index (χ0v) is 25.6. The lowest BCUT2D eigenvalue weighted by molar-refractivity contribution is -0.142. The van der Waals surface area contributed by atoms with Gasteiger partial charge in [0.2, 0.25) is 11.8 Å². The predicted octanol–water partition coefficient (Wildman–Crippen LogP) is 7.17. The fraction of sp³-hybridized carbons (Fsp3) is 0.452. The van der Waals surface area contributed by atoms with Crippen molar-refractivity contribution >= 4 is 21.9 Å². The summed E-state index contributed by atoms with van der Waals surface area (Å²) >= 11 is 0. The maximum atomic E-state index is 14.1. The lowest BCUT2D eigenvalue weighted by Crippen LogP contribution is -2.55. The number of fused-ring (bicyclic) bond motifs is 4. The molecule has 0 unspecified atom stereocenters.